The molecule has 0 fully saturated rings. The first-order chi connectivity index (χ1) is 10.6. The zero-order valence-corrected chi connectivity index (χ0v) is 12.9. The Morgan fingerprint density at radius 2 is 2.14 bits per heavy atom. The number of benzene rings is 1. The van der Waals surface area contributed by atoms with Crippen LogP contribution in [0.1, 0.15) is 24.1 Å². The summed E-state index contributed by atoms with van der Waals surface area (Å²) in [4.78, 5) is 12.7. The Morgan fingerprint density at radius 3 is 2.91 bits per heavy atom. The van der Waals surface area contributed by atoms with Gasteiger partial charge in [0.1, 0.15) is 18.0 Å². The maximum absolute atomic E-state index is 12.7. The molecule has 2 aromatic rings. The van der Waals surface area contributed by atoms with Gasteiger partial charge in [-0.05, 0) is 25.8 Å². The Hall–Kier alpha value is -2.21. The Labute approximate surface area is 129 Å². The molecule has 0 spiro atoms. The fraction of sp³-hybridized carbons (Fsp3) is 0.438. The number of rotatable bonds is 4. The second kappa shape index (κ2) is 5.88. The van der Waals surface area contributed by atoms with Crippen LogP contribution in [0.4, 0.5) is 0 Å². The average Bonchev–Trinajstić information content (AvgIpc) is 2.91. The first kappa shape index (κ1) is 14.7. The molecule has 116 valence electrons. The summed E-state index contributed by atoms with van der Waals surface area (Å²) in [5.74, 6) is 1.37. The summed E-state index contributed by atoms with van der Waals surface area (Å²) >= 11 is 0. The zero-order chi connectivity index (χ0) is 15.6. The molecule has 2 heterocycles. The summed E-state index contributed by atoms with van der Waals surface area (Å²) in [6.45, 7) is 5.04. The molecule has 6 heteroatoms. The third-order valence-corrected chi connectivity index (χ3v) is 4.03. The van der Waals surface area contributed by atoms with E-state index in [1.54, 1.807) is 0 Å². The molecule has 0 bridgehead atoms. The van der Waals surface area contributed by atoms with Crippen LogP contribution in [0.5, 0.6) is 0 Å². The fourth-order valence-corrected chi connectivity index (χ4v) is 2.87. The molecule has 1 N–H and O–H groups in total. The van der Waals surface area contributed by atoms with Crippen molar-refractivity contribution in [3.05, 3.63) is 47.5 Å². The largest absolute Gasteiger partial charge is 0.370 e. The van der Waals surface area contributed by atoms with Crippen LogP contribution in [-0.2, 0) is 28.1 Å². The number of hydrogen-bond donors (Lipinski definition) is 1. The van der Waals surface area contributed by atoms with Gasteiger partial charge < -0.3 is 10.1 Å². The first-order valence-corrected chi connectivity index (χ1v) is 7.42. The average molecular weight is 300 g/mol. The Balaban J connectivity index is 1.68. The highest BCUT2D eigenvalue weighted by molar-refractivity contribution is 5.84. The Morgan fingerprint density at radius 1 is 1.36 bits per heavy atom. The SMILES string of the molecule is Cc1nnc2n1C(C)(C(=O)NCCc1ccccc1)COC2. The number of amides is 1. The summed E-state index contributed by atoms with van der Waals surface area (Å²) in [6.07, 6.45) is 0.803. The molecular formula is C16H20N4O2. The van der Waals surface area contributed by atoms with Crippen molar-refractivity contribution in [2.45, 2.75) is 32.4 Å². The molecule has 0 saturated heterocycles. The number of carbonyl (C=O) groups is 1. The fourth-order valence-electron chi connectivity index (χ4n) is 2.87. The Bertz CT molecular complexity index is 668. The van der Waals surface area contributed by atoms with Gasteiger partial charge in [0, 0.05) is 6.54 Å². The van der Waals surface area contributed by atoms with Gasteiger partial charge in [-0.2, -0.15) is 0 Å². The number of nitrogens with one attached hydrogen (secondary N) is 1. The van der Waals surface area contributed by atoms with E-state index in [1.807, 2.05) is 36.6 Å². The highest BCUT2D eigenvalue weighted by Gasteiger charge is 2.41. The second-order valence-corrected chi connectivity index (χ2v) is 5.76. The summed E-state index contributed by atoms with van der Waals surface area (Å²) in [5.41, 5.74) is 0.409. The minimum Gasteiger partial charge on any atom is -0.370 e. The van der Waals surface area contributed by atoms with E-state index in [2.05, 4.69) is 27.6 Å². The van der Waals surface area contributed by atoms with Gasteiger partial charge in [-0.25, -0.2) is 0 Å². The van der Waals surface area contributed by atoms with Crippen LogP contribution in [-0.4, -0.2) is 33.8 Å². The highest BCUT2D eigenvalue weighted by Crippen LogP contribution is 2.25. The van der Waals surface area contributed by atoms with Crippen LogP contribution in [0.25, 0.3) is 0 Å². The third kappa shape index (κ3) is 2.62. The molecule has 1 unspecified atom stereocenters. The predicted molar refractivity (Wildman–Crippen MR) is 81.2 cm³/mol. The summed E-state index contributed by atoms with van der Waals surface area (Å²) in [6, 6.07) is 10.1. The van der Waals surface area contributed by atoms with Crippen LogP contribution in [0.2, 0.25) is 0 Å². The lowest BCUT2D eigenvalue weighted by Gasteiger charge is -2.34. The van der Waals surface area contributed by atoms with Gasteiger partial charge in [0.15, 0.2) is 5.82 Å². The van der Waals surface area contributed by atoms with Crippen LogP contribution in [0.3, 0.4) is 0 Å². The van der Waals surface area contributed by atoms with E-state index in [-0.39, 0.29) is 5.91 Å². The number of fused-ring (bicyclic) bond motifs is 1. The van der Waals surface area contributed by atoms with Gasteiger partial charge in [-0.15, -0.1) is 10.2 Å². The van der Waals surface area contributed by atoms with Gasteiger partial charge in [-0.3, -0.25) is 9.36 Å². The number of aryl methyl sites for hydroxylation is 1. The highest BCUT2D eigenvalue weighted by atomic mass is 16.5. The molecule has 1 atom stereocenters. The van der Waals surface area contributed by atoms with E-state index in [9.17, 15) is 4.79 Å². The molecule has 1 aliphatic heterocycles. The maximum Gasteiger partial charge on any atom is 0.248 e. The molecule has 6 nitrogen and oxygen atoms in total. The lowest BCUT2D eigenvalue weighted by atomic mass is 10.00. The van der Waals surface area contributed by atoms with Gasteiger partial charge in [0.05, 0.1) is 6.61 Å². The molecule has 0 radical (unpaired) electrons. The molecule has 22 heavy (non-hydrogen) atoms. The van der Waals surface area contributed by atoms with Crippen molar-refractivity contribution in [1.82, 2.24) is 20.1 Å². The summed E-state index contributed by atoms with van der Waals surface area (Å²) in [7, 11) is 0. The van der Waals surface area contributed by atoms with Gasteiger partial charge in [-0.1, -0.05) is 30.3 Å². The second-order valence-electron chi connectivity index (χ2n) is 5.76. The van der Waals surface area contributed by atoms with Crippen LogP contribution < -0.4 is 5.32 Å². The van der Waals surface area contributed by atoms with Gasteiger partial charge >= 0.3 is 0 Å². The standard InChI is InChI=1S/C16H20N4O2/c1-12-18-19-14-10-22-11-16(2,20(12)14)15(21)17-9-8-13-6-4-3-5-7-13/h3-7H,8-11H2,1-2H3,(H,17,21). The molecule has 3 rings (SSSR count). The van der Waals surface area contributed by atoms with Crippen molar-refractivity contribution in [2.75, 3.05) is 13.2 Å². The Kier molecular flexibility index (Phi) is 3.94. The van der Waals surface area contributed by atoms with E-state index >= 15 is 0 Å². The van der Waals surface area contributed by atoms with E-state index in [0.717, 1.165) is 12.2 Å². The molecule has 0 saturated carbocycles. The first-order valence-electron chi connectivity index (χ1n) is 7.42. The van der Waals surface area contributed by atoms with E-state index in [4.69, 9.17) is 4.74 Å². The van der Waals surface area contributed by atoms with Crippen LogP contribution >= 0.6 is 0 Å². The third-order valence-electron chi connectivity index (χ3n) is 4.03. The van der Waals surface area contributed by atoms with Crippen molar-refractivity contribution in [3.63, 3.8) is 0 Å². The van der Waals surface area contributed by atoms with Crippen molar-refractivity contribution in [3.8, 4) is 0 Å². The molecular weight excluding hydrogens is 280 g/mol. The predicted octanol–water partition coefficient (Wildman–Crippen LogP) is 1.19. The van der Waals surface area contributed by atoms with Crippen molar-refractivity contribution in [2.24, 2.45) is 0 Å². The molecule has 1 aromatic heterocycles. The number of ether oxygens (including phenoxy) is 1. The molecule has 1 aromatic carbocycles. The molecule has 1 amide bonds. The molecule has 0 aliphatic carbocycles. The quantitative estimate of drug-likeness (QED) is 0.921. The smallest absolute Gasteiger partial charge is 0.248 e. The monoisotopic (exact) mass is 300 g/mol. The topological polar surface area (TPSA) is 69.0 Å². The van der Waals surface area contributed by atoms with Crippen LogP contribution in [0.15, 0.2) is 30.3 Å². The number of carbonyl (C=O) groups excluding carboxylic acids is 1. The van der Waals surface area contributed by atoms with Crippen LogP contribution in [0, 0.1) is 6.92 Å². The lowest BCUT2D eigenvalue weighted by molar-refractivity contribution is -0.135. The minimum absolute atomic E-state index is 0.0627. The van der Waals surface area contributed by atoms with E-state index in [1.165, 1.54) is 5.56 Å². The number of nitrogens with zero attached hydrogens (tertiary/aromatic N) is 3. The summed E-state index contributed by atoms with van der Waals surface area (Å²) < 4.78 is 7.41. The van der Waals surface area contributed by atoms with Crippen molar-refractivity contribution in [1.29, 1.82) is 0 Å². The van der Waals surface area contributed by atoms with Crippen molar-refractivity contribution < 1.29 is 9.53 Å². The zero-order valence-electron chi connectivity index (χ0n) is 12.9. The molecule has 1 aliphatic rings. The number of aromatic nitrogens is 3. The van der Waals surface area contributed by atoms with Crippen molar-refractivity contribution >= 4 is 5.91 Å². The maximum atomic E-state index is 12.7. The van der Waals surface area contributed by atoms with E-state index < -0.39 is 5.54 Å². The summed E-state index contributed by atoms with van der Waals surface area (Å²) in [5, 5.41) is 11.1. The van der Waals surface area contributed by atoms with E-state index in [0.29, 0.717) is 25.6 Å². The number of hydrogen-bond acceptors (Lipinski definition) is 4. The lowest BCUT2D eigenvalue weighted by Crippen LogP contribution is -2.53. The minimum atomic E-state index is -0.794. The van der Waals surface area contributed by atoms with Gasteiger partial charge in [0.25, 0.3) is 0 Å². The normalized spacial score (nSPS) is 20.5. The van der Waals surface area contributed by atoms with Gasteiger partial charge in [0.2, 0.25) is 5.91 Å².